The first-order valence-corrected chi connectivity index (χ1v) is 6.92. The molecule has 0 aromatic carbocycles. The Morgan fingerprint density at radius 2 is 2.15 bits per heavy atom. The number of likely N-dealkylation sites (N-methyl/N-ethyl adjacent to an activating group) is 1. The number of methoxy groups -OCH3 is 1. The van der Waals surface area contributed by atoms with Crippen LogP contribution in [0.3, 0.4) is 0 Å². The molecule has 114 valence electrons. The second-order valence-corrected chi connectivity index (χ2v) is 5.17. The third-order valence-electron chi connectivity index (χ3n) is 3.65. The number of nitrogens with one attached hydrogen (secondary N) is 1. The van der Waals surface area contributed by atoms with E-state index in [9.17, 15) is 9.59 Å². The number of allylic oxidation sites excluding steroid dienone is 1. The van der Waals surface area contributed by atoms with Crippen molar-refractivity contribution in [2.75, 3.05) is 40.8 Å². The summed E-state index contributed by atoms with van der Waals surface area (Å²) in [5.74, 6) is -0.00421. The number of ether oxygens (including phenoxy) is 1. The van der Waals surface area contributed by atoms with Crippen LogP contribution in [0.15, 0.2) is 11.6 Å². The van der Waals surface area contributed by atoms with Crippen molar-refractivity contribution in [3.8, 4) is 0 Å². The highest BCUT2D eigenvalue weighted by molar-refractivity contribution is 5.94. The first-order chi connectivity index (χ1) is 9.49. The molecule has 1 unspecified atom stereocenters. The molecular weight excluding hydrogens is 258 g/mol. The number of rotatable bonds is 4. The van der Waals surface area contributed by atoms with Crippen LogP contribution in [0.2, 0.25) is 0 Å². The number of amides is 2. The van der Waals surface area contributed by atoms with Gasteiger partial charge in [0.15, 0.2) is 0 Å². The molecule has 1 rings (SSSR count). The average molecular weight is 283 g/mol. The lowest BCUT2D eigenvalue weighted by atomic mass is 10.0. The summed E-state index contributed by atoms with van der Waals surface area (Å²) in [5.41, 5.74) is 0.592. The fourth-order valence-corrected chi connectivity index (χ4v) is 2.30. The molecule has 0 aromatic heterocycles. The van der Waals surface area contributed by atoms with E-state index in [1.165, 1.54) is 7.11 Å². The van der Waals surface area contributed by atoms with Gasteiger partial charge in [0.2, 0.25) is 0 Å². The second-order valence-electron chi connectivity index (χ2n) is 5.17. The van der Waals surface area contributed by atoms with Gasteiger partial charge in [-0.25, -0.2) is 4.79 Å². The average Bonchev–Trinajstić information content (AvgIpc) is 2.47. The smallest absolute Gasteiger partial charge is 0.407 e. The molecule has 0 radical (unpaired) electrons. The van der Waals surface area contributed by atoms with Gasteiger partial charge < -0.3 is 19.9 Å². The molecule has 0 spiro atoms. The van der Waals surface area contributed by atoms with Gasteiger partial charge in [-0.05, 0) is 33.9 Å². The summed E-state index contributed by atoms with van der Waals surface area (Å²) < 4.78 is 4.51. The van der Waals surface area contributed by atoms with Crippen molar-refractivity contribution >= 4 is 12.0 Å². The van der Waals surface area contributed by atoms with Crippen molar-refractivity contribution in [3.05, 3.63) is 11.6 Å². The standard InChI is InChI=1S/C14H25N3O3/c1-5-11(9-15-14(19)20-4)13(18)17-8-6-7-12(10-17)16(2)3/h5,12H,6-10H2,1-4H3,(H,15,19)/b11-5+. The van der Waals surface area contributed by atoms with Gasteiger partial charge in [0, 0.05) is 24.7 Å². The summed E-state index contributed by atoms with van der Waals surface area (Å²) in [4.78, 5) is 27.5. The number of piperidine rings is 1. The van der Waals surface area contributed by atoms with E-state index >= 15 is 0 Å². The van der Waals surface area contributed by atoms with E-state index in [1.54, 1.807) is 13.0 Å². The minimum absolute atomic E-state index is 0.00421. The lowest BCUT2D eigenvalue weighted by molar-refractivity contribution is -0.129. The third kappa shape index (κ3) is 4.52. The van der Waals surface area contributed by atoms with Crippen LogP contribution < -0.4 is 5.32 Å². The zero-order valence-electron chi connectivity index (χ0n) is 12.8. The molecule has 0 bridgehead atoms. The van der Waals surface area contributed by atoms with Crippen LogP contribution in [0.4, 0.5) is 4.79 Å². The highest BCUT2D eigenvalue weighted by Crippen LogP contribution is 2.15. The highest BCUT2D eigenvalue weighted by atomic mass is 16.5. The van der Waals surface area contributed by atoms with Gasteiger partial charge >= 0.3 is 6.09 Å². The topological polar surface area (TPSA) is 61.9 Å². The fraction of sp³-hybridized carbons (Fsp3) is 0.714. The summed E-state index contributed by atoms with van der Waals surface area (Å²) in [6.07, 6.45) is 3.34. The predicted octanol–water partition coefficient (Wildman–Crippen LogP) is 0.841. The van der Waals surface area contributed by atoms with Gasteiger partial charge in [0.25, 0.3) is 5.91 Å². The van der Waals surface area contributed by atoms with Crippen LogP contribution in [0, 0.1) is 0 Å². The summed E-state index contributed by atoms with van der Waals surface area (Å²) in [5, 5.41) is 2.55. The van der Waals surface area contributed by atoms with Crippen molar-refractivity contribution in [2.45, 2.75) is 25.8 Å². The molecule has 1 N–H and O–H groups in total. The van der Waals surface area contributed by atoms with Gasteiger partial charge in [-0.2, -0.15) is 0 Å². The number of likely N-dealkylation sites (tertiary alicyclic amines) is 1. The number of nitrogens with zero attached hydrogens (tertiary/aromatic N) is 2. The van der Waals surface area contributed by atoms with Crippen molar-refractivity contribution in [2.24, 2.45) is 0 Å². The number of hydrogen-bond acceptors (Lipinski definition) is 4. The van der Waals surface area contributed by atoms with Gasteiger partial charge in [0.05, 0.1) is 13.7 Å². The maximum atomic E-state index is 12.4. The Morgan fingerprint density at radius 3 is 2.70 bits per heavy atom. The zero-order chi connectivity index (χ0) is 15.1. The Bertz CT molecular complexity index is 380. The van der Waals surface area contributed by atoms with Crippen LogP contribution in [0.1, 0.15) is 19.8 Å². The monoisotopic (exact) mass is 283 g/mol. The minimum atomic E-state index is -0.526. The Labute approximate surface area is 120 Å². The Morgan fingerprint density at radius 1 is 1.45 bits per heavy atom. The first-order valence-electron chi connectivity index (χ1n) is 6.92. The molecule has 0 aromatic rings. The van der Waals surface area contributed by atoms with E-state index < -0.39 is 6.09 Å². The van der Waals surface area contributed by atoms with Crippen molar-refractivity contribution in [1.29, 1.82) is 0 Å². The normalized spacial score (nSPS) is 19.9. The molecule has 6 nitrogen and oxygen atoms in total. The predicted molar refractivity (Wildman–Crippen MR) is 77.5 cm³/mol. The van der Waals surface area contributed by atoms with Crippen molar-refractivity contribution in [1.82, 2.24) is 15.1 Å². The molecule has 1 fully saturated rings. The molecule has 1 atom stereocenters. The molecule has 1 aliphatic rings. The summed E-state index contributed by atoms with van der Waals surface area (Å²) in [6, 6.07) is 0.402. The van der Waals surface area contributed by atoms with Gasteiger partial charge in [-0.1, -0.05) is 6.08 Å². The van der Waals surface area contributed by atoms with Crippen LogP contribution in [-0.2, 0) is 9.53 Å². The minimum Gasteiger partial charge on any atom is -0.453 e. The fourth-order valence-electron chi connectivity index (χ4n) is 2.30. The lowest BCUT2D eigenvalue weighted by Crippen LogP contribution is -2.48. The molecule has 2 amide bonds. The van der Waals surface area contributed by atoms with Crippen LogP contribution in [0.25, 0.3) is 0 Å². The number of hydrogen-bond donors (Lipinski definition) is 1. The highest BCUT2D eigenvalue weighted by Gasteiger charge is 2.26. The van der Waals surface area contributed by atoms with E-state index in [0.717, 1.165) is 25.9 Å². The molecule has 1 heterocycles. The molecule has 0 saturated carbocycles. The van der Waals surface area contributed by atoms with E-state index in [4.69, 9.17) is 0 Å². The second kappa shape index (κ2) is 7.89. The van der Waals surface area contributed by atoms with Crippen molar-refractivity contribution < 1.29 is 14.3 Å². The third-order valence-corrected chi connectivity index (χ3v) is 3.65. The molecule has 20 heavy (non-hydrogen) atoms. The van der Waals surface area contributed by atoms with E-state index in [-0.39, 0.29) is 12.5 Å². The quantitative estimate of drug-likeness (QED) is 0.777. The maximum Gasteiger partial charge on any atom is 0.407 e. The Kier molecular flexibility index (Phi) is 6.51. The number of alkyl carbamates (subject to hydrolysis) is 1. The van der Waals surface area contributed by atoms with E-state index in [1.807, 2.05) is 19.0 Å². The molecule has 1 aliphatic heterocycles. The molecule has 6 heteroatoms. The Hall–Kier alpha value is -1.56. The van der Waals surface area contributed by atoms with Crippen molar-refractivity contribution in [3.63, 3.8) is 0 Å². The largest absolute Gasteiger partial charge is 0.453 e. The van der Waals surface area contributed by atoms with Crippen LogP contribution >= 0.6 is 0 Å². The maximum absolute atomic E-state index is 12.4. The zero-order valence-corrected chi connectivity index (χ0v) is 12.8. The SMILES string of the molecule is C/C=C(\CNC(=O)OC)C(=O)N1CCCC(N(C)C)C1. The molecular formula is C14H25N3O3. The first kappa shape index (κ1) is 16.5. The number of carbonyl (C=O) groups is 2. The lowest BCUT2D eigenvalue weighted by Gasteiger charge is -2.36. The van der Waals surface area contributed by atoms with Gasteiger partial charge in [-0.3, -0.25) is 4.79 Å². The Balaban J connectivity index is 2.60. The molecule has 1 saturated heterocycles. The van der Waals surface area contributed by atoms with Gasteiger partial charge in [-0.15, -0.1) is 0 Å². The van der Waals surface area contributed by atoms with Gasteiger partial charge in [0.1, 0.15) is 0 Å². The van der Waals surface area contributed by atoms with E-state index in [2.05, 4.69) is 15.0 Å². The number of carbonyl (C=O) groups excluding carboxylic acids is 2. The summed E-state index contributed by atoms with van der Waals surface area (Å²) in [6.45, 7) is 3.52. The summed E-state index contributed by atoms with van der Waals surface area (Å²) in [7, 11) is 5.38. The van der Waals surface area contributed by atoms with Crippen LogP contribution in [0.5, 0.6) is 0 Å². The molecule has 0 aliphatic carbocycles. The van der Waals surface area contributed by atoms with Crippen LogP contribution in [-0.4, -0.2) is 68.7 Å². The van der Waals surface area contributed by atoms with E-state index in [0.29, 0.717) is 11.6 Å². The summed E-state index contributed by atoms with van der Waals surface area (Å²) >= 11 is 0.